The van der Waals surface area contributed by atoms with E-state index < -0.39 is 0 Å². The van der Waals surface area contributed by atoms with E-state index in [-0.39, 0.29) is 5.91 Å². The minimum Gasteiger partial charge on any atom is -0.377 e. The summed E-state index contributed by atoms with van der Waals surface area (Å²) in [6.45, 7) is 4.00. The molecule has 2 atom stereocenters. The second kappa shape index (κ2) is 7.93. The smallest absolute Gasteiger partial charge is 0.220 e. The van der Waals surface area contributed by atoms with Crippen LogP contribution < -0.4 is 10.6 Å². The zero-order chi connectivity index (χ0) is 16.1. The van der Waals surface area contributed by atoms with Crippen molar-refractivity contribution in [1.29, 1.82) is 0 Å². The number of ether oxygens (including phenoxy) is 1. The summed E-state index contributed by atoms with van der Waals surface area (Å²) in [5, 5.41) is 6.70. The summed E-state index contributed by atoms with van der Waals surface area (Å²) < 4.78 is 5.39. The molecule has 0 saturated carbocycles. The van der Waals surface area contributed by atoms with Crippen LogP contribution in [0.5, 0.6) is 0 Å². The molecule has 2 fully saturated rings. The van der Waals surface area contributed by atoms with E-state index in [0.29, 0.717) is 37.6 Å². The maximum atomic E-state index is 12.2. The first kappa shape index (κ1) is 16.5. The monoisotopic (exact) mass is 316 g/mol. The molecule has 1 aromatic rings. The average Bonchev–Trinajstić information content (AvgIpc) is 2.90. The Labute approximate surface area is 139 Å². The van der Waals surface area contributed by atoms with E-state index in [2.05, 4.69) is 34.9 Å². The Morgan fingerprint density at radius 1 is 1.17 bits per heavy atom. The standard InChI is InChI=1S/C19H28N2O2/c1-2-23-13-15-5-3-14(4-6-15)12-20-19(22)11-16-9-17-7-8-18(10-16)21-17/h3-6,16-18,21H,2,7-13H2,1H3,(H,20,22). The number of carbonyl (C=O) groups excluding carboxylic acids is 1. The van der Waals surface area contributed by atoms with Gasteiger partial charge < -0.3 is 15.4 Å². The van der Waals surface area contributed by atoms with Crippen LogP contribution in [0.1, 0.15) is 50.2 Å². The lowest BCUT2D eigenvalue weighted by atomic mass is 9.89. The van der Waals surface area contributed by atoms with Gasteiger partial charge in [0.25, 0.3) is 0 Å². The van der Waals surface area contributed by atoms with Crippen LogP contribution in [0.4, 0.5) is 0 Å². The third kappa shape index (κ3) is 4.79. The zero-order valence-electron chi connectivity index (χ0n) is 14.0. The van der Waals surface area contributed by atoms with Gasteiger partial charge in [-0.3, -0.25) is 4.79 Å². The summed E-state index contributed by atoms with van der Waals surface area (Å²) in [5.41, 5.74) is 2.32. The van der Waals surface area contributed by atoms with Crippen molar-refractivity contribution in [3.8, 4) is 0 Å². The molecule has 0 radical (unpaired) electrons. The Morgan fingerprint density at radius 2 is 1.83 bits per heavy atom. The molecule has 2 saturated heterocycles. The summed E-state index contributed by atoms with van der Waals surface area (Å²) >= 11 is 0. The van der Waals surface area contributed by atoms with E-state index in [1.54, 1.807) is 0 Å². The molecule has 1 aromatic carbocycles. The van der Waals surface area contributed by atoms with Crippen molar-refractivity contribution < 1.29 is 9.53 Å². The van der Waals surface area contributed by atoms with Crippen molar-refractivity contribution in [2.75, 3.05) is 6.61 Å². The predicted octanol–water partition coefficient (Wildman–Crippen LogP) is 2.76. The van der Waals surface area contributed by atoms with Crippen molar-refractivity contribution in [2.45, 2.75) is 64.3 Å². The van der Waals surface area contributed by atoms with Gasteiger partial charge in [0.2, 0.25) is 5.91 Å². The largest absolute Gasteiger partial charge is 0.377 e. The van der Waals surface area contributed by atoms with E-state index in [9.17, 15) is 4.79 Å². The number of nitrogens with one attached hydrogen (secondary N) is 2. The topological polar surface area (TPSA) is 50.4 Å². The Bertz CT molecular complexity index is 503. The molecular weight excluding hydrogens is 288 g/mol. The third-order valence-electron chi connectivity index (χ3n) is 5.03. The van der Waals surface area contributed by atoms with Crippen molar-refractivity contribution in [3.63, 3.8) is 0 Å². The van der Waals surface area contributed by atoms with Gasteiger partial charge in [-0.2, -0.15) is 0 Å². The SMILES string of the molecule is CCOCc1ccc(CNC(=O)CC2CC3CCC(C2)N3)cc1. The summed E-state index contributed by atoms with van der Waals surface area (Å²) in [4.78, 5) is 12.2. The molecule has 2 bridgehead atoms. The molecule has 2 unspecified atom stereocenters. The van der Waals surface area contributed by atoms with E-state index in [4.69, 9.17) is 4.74 Å². The highest BCUT2D eigenvalue weighted by Gasteiger charge is 2.34. The highest BCUT2D eigenvalue weighted by atomic mass is 16.5. The van der Waals surface area contributed by atoms with Crippen LogP contribution in [0, 0.1) is 5.92 Å². The number of hydrogen-bond acceptors (Lipinski definition) is 3. The Kier molecular flexibility index (Phi) is 5.68. The molecule has 0 aromatic heterocycles. The Balaban J connectivity index is 1.40. The van der Waals surface area contributed by atoms with Gasteiger partial charge in [0.05, 0.1) is 6.61 Å². The molecule has 0 aliphatic carbocycles. The van der Waals surface area contributed by atoms with Crippen molar-refractivity contribution in [3.05, 3.63) is 35.4 Å². The fourth-order valence-corrected chi connectivity index (χ4v) is 3.85. The highest BCUT2D eigenvalue weighted by molar-refractivity contribution is 5.76. The molecule has 2 N–H and O–H groups in total. The number of fused-ring (bicyclic) bond motifs is 2. The Hall–Kier alpha value is -1.39. The summed E-state index contributed by atoms with van der Waals surface area (Å²) in [7, 11) is 0. The van der Waals surface area contributed by atoms with Crippen LogP contribution in [0.2, 0.25) is 0 Å². The van der Waals surface area contributed by atoms with Crippen LogP contribution in [-0.4, -0.2) is 24.6 Å². The minimum absolute atomic E-state index is 0.190. The normalized spacial score (nSPS) is 26.2. The number of hydrogen-bond donors (Lipinski definition) is 2. The van der Waals surface area contributed by atoms with Crippen LogP contribution in [0.15, 0.2) is 24.3 Å². The fourth-order valence-electron chi connectivity index (χ4n) is 3.85. The van der Waals surface area contributed by atoms with Crippen LogP contribution >= 0.6 is 0 Å². The molecule has 2 aliphatic heterocycles. The molecule has 3 rings (SSSR count). The zero-order valence-corrected chi connectivity index (χ0v) is 14.0. The van der Waals surface area contributed by atoms with Gasteiger partial charge >= 0.3 is 0 Å². The average molecular weight is 316 g/mol. The van der Waals surface area contributed by atoms with E-state index in [0.717, 1.165) is 25.0 Å². The van der Waals surface area contributed by atoms with Gasteiger partial charge in [-0.05, 0) is 49.7 Å². The van der Waals surface area contributed by atoms with E-state index in [1.807, 2.05) is 6.92 Å². The van der Waals surface area contributed by atoms with Gasteiger partial charge in [-0.15, -0.1) is 0 Å². The van der Waals surface area contributed by atoms with Gasteiger partial charge in [-0.1, -0.05) is 24.3 Å². The maximum absolute atomic E-state index is 12.2. The molecule has 23 heavy (non-hydrogen) atoms. The van der Waals surface area contributed by atoms with Crippen molar-refractivity contribution in [1.82, 2.24) is 10.6 Å². The lowest BCUT2D eigenvalue weighted by Crippen LogP contribution is -2.39. The fraction of sp³-hybridized carbons (Fsp3) is 0.632. The molecular formula is C19H28N2O2. The van der Waals surface area contributed by atoms with Crippen molar-refractivity contribution in [2.24, 2.45) is 5.92 Å². The lowest BCUT2D eigenvalue weighted by molar-refractivity contribution is -0.122. The first-order chi connectivity index (χ1) is 11.2. The molecule has 0 spiro atoms. The second-order valence-corrected chi connectivity index (χ2v) is 6.91. The second-order valence-electron chi connectivity index (χ2n) is 6.91. The Morgan fingerprint density at radius 3 is 2.48 bits per heavy atom. The van der Waals surface area contributed by atoms with Crippen LogP contribution in [-0.2, 0) is 22.7 Å². The van der Waals surface area contributed by atoms with Gasteiger partial charge in [0, 0.05) is 31.7 Å². The van der Waals surface area contributed by atoms with Crippen molar-refractivity contribution >= 4 is 5.91 Å². The van der Waals surface area contributed by atoms with Gasteiger partial charge in [0.1, 0.15) is 0 Å². The molecule has 1 amide bonds. The van der Waals surface area contributed by atoms with Crippen LogP contribution in [0.3, 0.4) is 0 Å². The summed E-state index contributed by atoms with van der Waals surface area (Å²) in [5.74, 6) is 0.747. The van der Waals surface area contributed by atoms with Crippen LogP contribution in [0.25, 0.3) is 0 Å². The quantitative estimate of drug-likeness (QED) is 0.813. The number of benzene rings is 1. The first-order valence-electron chi connectivity index (χ1n) is 8.91. The molecule has 2 heterocycles. The third-order valence-corrected chi connectivity index (χ3v) is 5.03. The number of rotatable bonds is 7. The van der Waals surface area contributed by atoms with E-state index in [1.165, 1.54) is 18.4 Å². The first-order valence-corrected chi connectivity index (χ1v) is 8.91. The summed E-state index contributed by atoms with van der Waals surface area (Å²) in [6, 6.07) is 9.59. The number of piperidine rings is 1. The lowest BCUT2D eigenvalue weighted by Gasteiger charge is -2.28. The molecule has 4 nitrogen and oxygen atoms in total. The minimum atomic E-state index is 0.190. The molecule has 4 heteroatoms. The van der Waals surface area contributed by atoms with Gasteiger partial charge in [-0.25, -0.2) is 0 Å². The maximum Gasteiger partial charge on any atom is 0.220 e. The molecule has 2 aliphatic rings. The summed E-state index contributed by atoms with van der Waals surface area (Å²) in [6.07, 6.45) is 5.58. The van der Waals surface area contributed by atoms with Gasteiger partial charge in [0.15, 0.2) is 0 Å². The number of carbonyl (C=O) groups is 1. The molecule has 126 valence electrons. The highest BCUT2D eigenvalue weighted by Crippen LogP contribution is 2.32. The van der Waals surface area contributed by atoms with E-state index >= 15 is 0 Å². The number of amides is 1. The predicted molar refractivity (Wildman–Crippen MR) is 90.9 cm³/mol.